The Balaban J connectivity index is 2.28. The van der Waals surface area contributed by atoms with Crippen LogP contribution >= 0.6 is 0 Å². The second-order valence-corrected chi connectivity index (χ2v) is 5.54. The number of ether oxygens (including phenoxy) is 2. The van der Waals surface area contributed by atoms with Gasteiger partial charge in [-0.3, -0.25) is 9.59 Å². The van der Waals surface area contributed by atoms with E-state index in [2.05, 4.69) is 5.32 Å². The predicted molar refractivity (Wildman–Crippen MR) is 85.2 cm³/mol. The highest BCUT2D eigenvalue weighted by Crippen LogP contribution is 2.24. The molecule has 1 aliphatic heterocycles. The number of nitrogens with one attached hydrogen (secondary N) is 1. The lowest BCUT2D eigenvalue weighted by atomic mass is 10.1. The number of hydrogen-bond acceptors (Lipinski definition) is 5. The molecule has 3 N–H and O–H groups in total. The van der Waals surface area contributed by atoms with Crippen LogP contribution in [0.4, 0.5) is 0 Å². The molecule has 0 radical (unpaired) electrons. The molecule has 0 spiro atoms. The molecule has 7 heteroatoms. The maximum absolute atomic E-state index is 12.8. The van der Waals surface area contributed by atoms with Crippen LogP contribution < -0.4 is 15.8 Å². The molecule has 1 aromatic rings. The molecule has 2 atom stereocenters. The van der Waals surface area contributed by atoms with Gasteiger partial charge >= 0.3 is 0 Å². The van der Waals surface area contributed by atoms with Crippen molar-refractivity contribution in [3.05, 3.63) is 29.3 Å². The van der Waals surface area contributed by atoms with Gasteiger partial charge < -0.3 is 25.4 Å². The third kappa shape index (κ3) is 3.62. The summed E-state index contributed by atoms with van der Waals surface area (Å²) in [6.45, 7) is 0.700. The van der Waals surface area contributed by atoms with E-state index >= 15 is 0 Å². The first kappa shape index (κ1) is 17.2. The van der Waals surface area contributed by atoms with Crippen LogP contribution in [0, 0.1) is 0 Å². The molecule has 1 aromatic carbocycles. The number of rotatable bonds is 5. The summed E-state index contributed by atoms with van der Waals surface area (Å²) in [4.78, 5) is 26.3. The average Bonchev–Trinajstić information content (AvgIpc) is 2.95. The number of hydrogen-bond donors (Lipinski definition) is 2. The van der Waals surface area contributed by atoms with Crippen molar-refractivity contribution in [1.82, 2.24) is 10.2 Å². The molecular weight excluding hydrogens is 298 g/mol. The number of carbonyl (C=O) groups is 2. The van der Waals surface area contributed by atoms with Crippen molar-refractivity contribution in [3.8, 4) is 5.75 Å². The largest absolute Gasteiger partial charge is 0.496 e. The molecule has 0 bridgehead atoms. The topological polar surface area (TPSA) is 93.9 Å². The molecule has 0 saturated carbocycles. The zero-order valence-corrected chi connectivity index (χ0v) is 13.7. The van der Waals surface area contributed by atoms with Crippen LogP contribution in [0.2, 0.25) is 0 Å². The normalized spacial score (nSPS) is 20.4. The molecule has 2 rings (SSSR count). The number of methoxy groups -OCH3 is 2. The summed E-state index contributed by atoms with van der Waals surface area (Å²) < 4.78 is 10.4. The van der Waals surface area contributed by atoms with Crippen molar-refractivity contribution in [1.29, 1.82) is 0 Å². The third-order valence-electron chi connectivity index (χ3n) is 3.97. The van der Waals surface area contributed by atoms with E-state index in [0.29, 0.717) is 30.9 Å². The minimum absolute atomic E-state index is 0.196. The smallest absolute Gasteiger partial charge is 0.254 e. The highest BCUT2D eigenvalue weighted by Gasteiger charge is 2.38. The fraction of sp³-hybridized carbons (Fsp3) is 0.500. The Morgan fingerprint density at radius 1 is 1.39 bits per heavy atom. The summed E-state index contributed by atoms with van der Waals surface area (Å²) in [5.41, 5.74) is 7.20. The van der Waals surface area contributed by atoms with Crippen molar-refractivity contribution in [3.63, 3.8) is 0 Å². The lowest BCUT2D eigenvalue weighted by Gasteiger charge is -2.23. The van der Waals surface area contributed by atoms with Crippen LogP contribution in [-0.4, -0.2) is 56.6 Å². The van der Waals surface area contributed by atoms with E-state index in [1.807, 2.05) is 0 Å². The third-order valence-corrected chi connectivity index (χ3v) is 3.97. The Morgan fingerprint density at radius 2 is 2.13 bits per heavy atom. The van der Waals surface area contributed by atoms with Gasteiger partial charge in [0.05, 0.1) is 13.7 Å². The van der Waals surface area contributed by atoms with E-state index in [9.17, 15) is 9.59 Å². The van der Waals surface area contributed by atoms with Crippen LogP contribution in [0.1, 0.15) is 22.3 Å². The van der Waals surface area contributed by atoms with Crippen molar-refractivity contribution in [2.75, 3.05) is 27.8 Å². The zero-order chi connectivity index (χ0) is 17.0. The number of carbonyl (C=O) groups excluding carboxylic acids is 2. The molecule has 0 aliphatic carbocycles. The quantitative estimate of drug-likeness (QED) is 0.804. The molecular formula is C16H23N3O4. The molecule has 1 saturated heterocycles. The van der Waals surface area contributed by atoms with E-state index in [0.717, 1.165) is 5.56 Å². The lowest BCUT2D eigenvalue weighted by Crippen LogP contribution is -2.45. The maximum Gasteiger partial charge on any atom is 0.254 e. The second-order valence-electron chi connectivity index (χ2n) is 5.54. The zero-order valence-electron chi connectivity index (χ0n) is 13.7. The van der Waals surface area contributed by atoms with Crippen molar-refractivity contribution in [2.45, 2.75) is 25.1 Å². The summed E-state index contributed by atoms with van der Waals surface area (Å²) in [5.74, 6) is 0.243. The first-order chi connectivity index (χ1) is 11.0. The Morgan fingerprint density at radius 3 is 2.74 bits per heavy atom. The van der Waals surface area contributed by atoms with Gasteiger partial charge in [-0.2, -0.15) is 0 Å². The predicted octanol–water partition coefficient (Wildman–Crippen LogP) is 0.129. The Kier molecular flexibility index (Phi) is 5.57. The molecule has 1 fully saturated rings. The molecule has 23 heavy (non-hydrogen) atoms. The summed E-state index contributed by atoms with van der Waals surface area (Å²) in [7, 11) is 4.70. The molecule has 0 aromatic heterocycles. The number of benzene rings is 1. The Hall–Kier alpha value is -2.12. The van der Waals surface area contributed by atoms with Crippen molar-refractivity contribution < 1.29 is 19.1 Å². The first-order valence-electron chi connectivity index (χ1n) is 7.45. The van der Waals surface area contributed by atoms with Crippen molar-refractivity contribution >= 4 is 11.8 Å². The minimum Gasteiger partial charge on any atom is -0.496 e. The standard InChI is InChI=1S/C16H23N3O4/c1-18-15(20)13-7-12(17)8-19(13)16(21)10-4-5-14(23-3)11(6-10)9-22-2/h4-6,12-13H,7-9,17H2,1-3H3,(H,18,20)/t12-,13-/m0/s1. The fourth-order valence-corrected chi connectivity index (χ4v) is 2.85. The van der Waals surface area contributed by atoms with Gasteiger partial charge in [0, 0.05) is 37.9 Å². The van der Waals surface area contributed by atoms with Crippen LogP contribution in [0.15, 0.2) is 18.2 Å². The molecule has 2 amide bonds. The maximum atomic E-state index is 12.8. The van der Waals surface area contributed by atoms with Gasteiger partial charge in [-0.25, -0.2) is 0 Å². The minimum atomic E-state index is -0.532. The number of likely N-dealkylation sites (N-methyl/N-ethyl adjacent to an activating group) is 1. The number of nitrogens with zero attached hydrogens (tertiary/aromatic N) is 1. The summed E-state index contributed by atoms with van der Waals surface area (Å²) in [6, 6.07) is 4.42. The van der Waals surface area contributed by atoms with E-state index in [1.165, 1.54) is 4.90 Å². The molecule has 1 heterocycles. The van der Waals surface area contributed by atoms with E-state index < -0.39 is 6.04 Å². The van der Waals surface area contributed by atoms with Crippen LogP contribution in [0.25, 0.3) is 0 Å². The molecule has 7 nitrogen and oxygen atoms in total. The van der Waals surface area contributed by atoms with Gasteiger partial charge in [-0.1, -0.05) is 0 Å². The molecule has 0 unspecified atom stereocenters. The van der Waals surface area contributed by atoms with Gasteiger partial charge in [-0.05, 0) is 24.6 Å². The summed E-state index contributed by atoms with van der Waals surface area (Å²) in [6.07, 6.45) is 0.465. The highest BCUT2D eigenvalue weighted by molar-refractivity contribution is 5.98. The number of nitrogens with two attached hydrogens (primary N) is 1. The van der Waals surface area contributed by atoms with Crippen LogP contribution in [0.3, 0.4) is 0 Å². The monoisotopic (exact) mass is 321 g/mol. The van der Waals surface area contributed by atoms with E-state index in [4.69, 9.17) is 15.2 Å². The van der Waals surface area contributed by atoms with Gasteiger partial charge in [0.25, 0.3) is 5.91 Å². The van der Waals surface area contributed by atoms with Gasteiger partial charge in [-0.15, -0.1) is 0 Å². The van der Waals surface area contributed by atoms with E-state index in [1.54, 1.807) is 39.5 Å². The summed E-state index contributed by atoms with van der Waals surface area (Å²) >= 11 is 0. The number of likely N-dealkylation sites (tertiary alicyclic amines) is 1. The number of amides is 2. The van der Waals surface area contributed by atoms with Gasteiger partial charge in [0.1, 0.15) is 11.8 Å². The Bertz CT molecular complexity index is 591. The Labute approximate surface area is 135 Å². The van der Waals surface area contributed by atoms with E-state index in [-0.39, 0.29) is 17.9 Å². The van der Waals surface area contributed by atoms with Gasteiger partial charge in [0.15, 0.2) is 0 Å². The fourth-order valence-electron chi connectivity index (χ4n) is 2.85. The average molecular weight is 321 g/mol. The first-order valence-corrected chi connectivity index (χ1v) is 7.45. The van der Waals surface area contributed by atoms with Crippen LogP contribution in [0.5, 0.6) is 5.75 Å². The summed E-state index contributed by atoms with van der Waals surface area (Å²) in [5, 5.41) is 2.59. The van der Waals surface area contributed by atoms with Gasteiger partial charge in [0.2, 0.25) is 5.91 Å². The molecule has 1 aliphatic rings. The van der Waals surface area contributed by atoms with Crippen LogP contribution in [-0.2, 0) is 16.1 Å². The molecule has 126 valence electrons. The highest BCUT2D eigenvalue weighted by atomic mass is 16.5. The second kappa shape index (κ2) is 7.43. The SMILES string of the molecule is CNC(=O)[C@@H]1C[C@H](N)CN1C(=O)c1ccc(OC)c(COC)c1. The van der Waals surface area contributed by atoms with Crippen molar-refractivity contribution in [2.24, 2.45) is 5.73 Å². The lowest BCUT2D eigenvalue weighted by molar-refractivity contribution is -0.124.